The number of aromatic nitrogens is 3. The number of thioether (sulfide) groups is 1. The largest absolute Gasteiger partial charge is 0.494 e. The van der Waals surface area contributed by atoms with E-state index < -0.39 is 0 Å². The number of nitrogens with two attached hydrogens (primary N) is 1. The second-order valence-electron chi connectivity index (χ2n) is 6.79. The number of nitriles is 1. The fraction of sp³-hybridized carbons (Fsp3) is 0.217. The lowest BCUT2D eigenvalue weighted by Gasteiger charge is -2.12. The second-order valence-corrected chi connectivity index (χ2v) is 8.64. The van der Waals surface area contributed by atoms with E-state index in [2.05, 4.69) is 26.1 Å². The van der Waals surface area contributed by atoms with Gasteiger partial charge in [-0.05, 0) is 62.4 Å². The smallest absolute Gasteiger partial charge is 0.196 e. The fourth-order valence-corrected chi connectivity index (χ4v) is 3.96. The minimum Gasteiger partial charge on any atom is -0.494 e. The Labute approximate surface area is 204 Å². The molecule has 170 valence electrons. The summed E-state index contributed by atoms with van der Waals surface area (Å²) in [6.07, 6.45) is 0. The van der Waals surface area contributed by atoms with E-state index in [0.717, 1.165) is 15.9 Å². The van der Waals surface area contributed by atoms with Crippen molar-refractivity contribution < 1.29 is 14.3 Å². The number of benzene rings is 2. The Bertz CT molecular complexity index is 1180. The highest BCUT2D eigenvalue weighted by molar-refractivity contribution is 9.10. The Morgan fingerprint density at radius 3 is 2.36 bits per heavy atom. The lowest BCUT2D eigenvalue weighted by molar-refractivity contribution is -0.112. The highest BCUT2D eigenvalue weighted by atomic mass is 79.9. The molecule has 33 heavy (non-hydrogen) atoms. The topological polar surface area (TPSA) is 116 Å². The van der Waals surface area contributed by atoms with E-state index in [0.29, 0.717) is 23.3 Å². The maximum atomic E-state index is 12.4. The third-order valence-corrected chi connectivity index (χ3v) is 5.86. The van der Waals surface area contributed by atoms with Gasteiger partial charge in [0, 0.05) is 15.9 Å². The zero-order valence-corrected chi connectivity index (χ0v) is 20.5. The molecule has 0 atom stereocenters. The van der Waals surface area contributed by atoms with Gasteiger partial charge in [0.05, 0.1) is 12.4 Å². The van der Waals surface area contributed by atoms with Crippen LogP contribution in [0, 0.1) is 11.3 Å². The zero-order chi connectivity index (χ0) is 23.8. The number of rotatable bonds is 10. The molecule has 0 saturated carbocycles. The number of carbonyl (C=O) groups excluding carboxylic acids is 1. The van der Waals surface area contributed by atoms with Gasteiger partial charge in [-0.15, -0.1) is 10.2 Å². The minimum absolute atomic E-state index is 0.000164. The maximum absolute atomic E-state index is 12.4. The Hall–Kier alpha value is -3.29. The molecule has 1 heterocycles. The summed E-state index contributed by atoms with van der Waals surface area (Å²) in [4.78, 5) is 12.4. The molecule has 0 unspecified atom stereocenters. The van der Waals surface area contributed by atoms with Gasteiger partial charge in [-0.1, -0.05) is 27.7 Å². The van der Waals surface area contributed by atoms with Crippen LogP contribution in [-0.4, -0.2) is 32.9 Å². The summed E-state index contributed by atoms with van der Waals surface area (Å²) in [5, 5.41) is 18.2. The molecule has 0 saturated heterocycles. The van der Waals surface area contributed by atoms with Gasteiger partial charge >= 0.3 is 0 Å². The van der Waals surface area contributed by atoms with Crippen molar-refractivity contribution in [3.8, 4) is 23.3 Å². The monoisotopic (exact) mass is 527 g/mol. The van der Waals surface area contributed by atoms with Crippen molar-refractivity contribution in [3.05, 3.63) is 70.1 Å². The summed E-state index contributed by atoms with van der Waals surface area (Å²) >= 11 is 4.58. The first kappa shape index (κ1) is 24.4. The molecule has 0 bridgehead atoms. The molecule has 10 heteroatoms. The van der Waals surface area contributed by atoms with Crippen molar-refractivity contribution in [2.75, 3.05) is 12.4 Å². The standard InChI is InChI=1S/C23H22BrN5O3S/c1-3-31-18-10-6-17(7-11-18)29-22(13-32-19-8-4-16(24)5-9-19)27-28-23(29)33-14-21(30)20(12-25)15(2)26/h4-11H,3,13-14,26H2,1-2H3. The van der Waals surface area contributed by atoms with Crippen molar-refractivity contribution in [1.82, 2.24) is 14.8 Å². The average Bonchev–Trinajstić information content (AvgIpc) is 3.21. The summed E-state index contributed by atoms with van der Waals surface area (Å²) in [7, 11) is 0. The molecular weight excluding hydrogens is 506 g/mol. The predicted molar refractivity (Wildman–Crippen MR) is 129 cm³/mol. The van der Waals surface area contributed by atoms with Gasteiger partial charge < -0.3 is 15.2 Å². The number of Topliss-reactive ketones (excluding diaryl/α,β-unsaturated/α-hetero) is 1. The highest BCUT2D eigenvalue weighted by Gasteiger charge is 2.19. The van der Waals surface area contributed by atoms with Gasteiger partial charge in [-0.3, -0.25) is 9.36 Å². The molecule has 0 aliphatic carbocycles. The molecule has 3 rings (SSSR count). The number of halogens is 1. The predicted octanol–water partition coefficient (Wildman–Crippen LogP) is 4.42. The number of ketones is 1. The molecule has 0 fully saturated rings. The fourth-order valence-electron chi connectivity index (χ4n) is 2.86. The third kappa shape index (κ3) is 6.37. The van der Waals surface area contributed by atoms with Crippen LogP contribution in [-0.2, 0) is 11.4 Å². The number of ether oxygens (including phenoxy) is 2. The van der Waals surface area contributed by atoms with Crippen molar-refractivity contribution in [1.29, 1.82) is 5.26 Å². The van der Waals surface area contributed by atoms with Gasteiger partial charge in [0.15, 0.2) is 16.8 Å². The van der Waals surface area contributed by atoms with E-state index in [1.165, 1.54) is 18.7 Å². The molecular formula is C23H22BrN5O3S. The Balaban J connectivity index is 1.87. The lowest BCUT2D eigenvalue weighted by atomic mass is 10.2. The summed E-state index contributed by atoms with van der Waals surface area (Å²) in [6, 6.07) is 16.8. The van der Waals surface area contributed by atoms with E-state index >= 15 is 0 Å². The van der Waals surface area contributed by atoms with Crippen LogP contribution in [0.3, 0.4) is 0 Å². The number of allylic oxidation sites excluding steroid dienone is 2. The first-order chi connectivity index (χ1) is 15.9. The van der Waals surface area contributed by atoms with Crippen LogP contribution in [0.2, 0.25) is 0 Å². The molecule has 0 aliphatic heterocycles. The van der Waals surface area contributed by atoms with E-state index in [9.17, 15) is 10.1 Å². The summed E-state index contributed by atoms with van der Waals surface area (Å²) < 4.78 is 14.2. The lowest BCUT2D eigenvalue weighted by Crippen LogP contribution is -2.11. The quantitative estimate of drug-likeness (QED) is 0.234. The minimum atomic E-state index is -0.364. The van der Waals surface area contributed by atoms with E-state index in [1.807, 2.05) is 66.1 Å². The molecule has 2 aromatic carbocycles. The van der Waals surface area contributed by atoms with Crippen molar-refractivity contribution in [2.24, 2.45) is 5.73 Å². The van der Waals surface area contributed by atoms with Crippen LogP contribution in [0.1, 0.15) is 19.7 Å². The van der Waals surface area contributed by atoms with Crippen molar-refractivity contribution in [3.63, 3.8) is 0 Å². The van der Waals surface area contributed by atoms with Crippen LogP contribution in [0.5, 0.6) is 11.5 Å². The normalized spacial score (nSPS) is 11.5. The maximum Gasteiger partial charge on any atom is 0.196 e. The van der Waals surface area contributed by atoms with Crippen molar-refractivity contribution >= 4 is 33.5 Å². The zero-order valence-electron chi connectivity index (χ0n) is 18.1. The van der Waals surface area contributed by atoms with Crippen LogP contribution in [0.25, 0.3) is 5.69 Å². The van der Waals surface area contributed by atoms with Gasteiger partial charge in [-0.2, -0.15) is 5.26 Å². The van der Waals surface area contributed by atoms with Gasteiger partial charge in [0.2, 0.25) is 0 Å². The summed E-state index contributed by atoms with van der Waals surface area (Å²) in [5.74, 6) is 1.62. The molecule has 0 aliphatic rings. The number of carbonyl (C=O) groups is 1. The van der Waals surface area contributed by atoms with Crippen LogP contribution >= 0.6 is 27.7 Å². The van der Waals surface area contributed by atoms with Gasteiger partial charge in [-0.25, -0.2) is 0 Å². The molecule has 0 spiro atoms. The van der Waals surface area contributed by atoms with E-state index in [4.69, 9.17) is 15.2 Å². The van der Waals surface area contributed by atoms with Crippen LogP contribution in [0.4, 0.5) is 0 Å². The number of nitrogens with zero attached hydrogens (tertiary/aromatic N) is 4. The molecule has 8 nitrogen and oxygen atoms in total. The molecule has 2 N–H and O–H groups in total. The van der Waals surface area contributed by atoms with Gasteiger partial charge in [0.25, 0.3) is 0 Å². The Morgan fingerprint density at radius 1 is 1.12 bits per heavy atom. The Kier molecular flexibility index (Phi) is 8.52. The third-order valence-electron chi connectivity index (χ3n) is 4.41. The van der Waals surface area contributed by atoms with Gasteiger partial charge in [0.1, 0.15) is 29.7 Å². The van der Waals surface area contributed by atoms with E-state index in [-0.39, 0.29) is 29.4 Å². The van der Waals surface area contributed by atoms with Crippen molar-refractivity contribution in [2.45, 2.75) is 25.6 Å². The number of hydrogen-bond acceptors (Lipinski definition) is 8. The summed E-state index contributed by atoms with van der Waals surface area (Å²) in [6.45, 7) is 4.18. The number of hydrogen-bond donors (Lipinski definition) is 1. The Morgan fingerprint density at radius 2 is 1.76 bits per heavy atom. The highest BCUT2D eigenvalue weighted by Crippen LogP contribution is 2.26. The SMILES string of the molecule is CCOc1ccc(-n2c(COc3ccc(Br)cc3)nnc2SCC(=O)C(C#N)=C(C)N)cc1. The van der Waals surface area contributed by atoms with Crippen LogP contribution in [0.15, 0.2) is 69.4 Å². The first-order valence-electron chi connectivity index (χ1n) is 10.0. The van der Waals surface area contributed by atoms with Crippen LogP contribution < -0.4 is 15.2 Å². The average molecular weight is 528 g/mol. The molecule has 0 radical (unpaired) electrons. The first-order valence-corrected chi connectivity index (χ1v) is 11.8. The molecule has 0 amide bonds. The van der Waals surface area contributed by atoms with E-state index in [1.54, 1.807) is 0 Å². The second kappa shape index (κ2) is 11.5. The molecule has 3 aromatic rings. The molecule has 1 aromatic heterocycles. The summed E-state index contributed by atoms with van der Waals surface area (Å²) in [5.41, 5.74) is 6.58.